The minimum absolute atomic E-state index is 0.148. The first-order valence-corrected chi connectivity index (χ1v) is 19.3. The molecule has 9 aromatic rings. The molecular weight excluding hydrogens is 675 g/mol. The van der Waals surface area contributed by atoms with Crippen LogP contribution in [-0.2, 0) is 0 Å². The molecule has 11 rings (SSSR count). The predicted molar refractivity (Wildman–Crippen MR) is 224 cm³/mol. The second kappa shape index (κ2) is 12.5. The Morgan fingerprint density at radius 3 is 1.91 bits per heavy atom. The number of hydrogen-bond donors (Lipinski definition) is 0. The number of fused-ring (bicyclic) bond motifs is 10. The van der Waals surface area contributed by atoms with Gasteiger partial charge in [0.05, 0.1) is 17.4 Å². The summed E-state index contributed by atoms with van der Waals surface area (Å²) in [5.41, 5.74) is 15.3. The van der Waals surface area contributed by atoms with Gasteiger partial charge in [-0.1, -0.05) is 158 Å². The van der Waals surface area contributed by atoms with Gasteiger partial charge in [0, 0.05) is 43.9 Å². The first-order chi connectivity index (χ1) is 26.8. The number of anilines is 2. The van der Waals surface area contributed by atoms with Gasteiger partial charge in [-0.05, 0) is 63.7 Å². The lowest BCUT2D eigenvalue weighted by atomic mass is 9.79. The summed E-state index contributed by atoms with van der Waals surface area (Å²) in [5, 5.41) is 2.64. The van der Waals surface area contributed by atoms with Crippen molar-refractivity contribution in [2.75, 3.05) is 4.90 Å². The quantitative estimate of drug-likeness (QED) is 0.178. The molecule has 0 saturated carbocycles. The summed E-state index contributed by atoms with van der Waals surface area (Å²) in [5.74, 6) is 0.933. The number of nitrogens with zero attached hydrogens (tertiary/aromatic N) is 3. The highest BCUT2D eigenvalue weighted by Crippen LogP contribution is 2.64. The van der Waals surface area contributed by atoms with Gasteiger partial charge in [0.15, 0.2) is 5.82 Å². The molecule has 0 radical (unpaired) electrons. The van der Waals surface area contributed by atoms with Gasteiger partial charge in [-0.2, -0.15) is 0 Å². The molecule has 4 heteroatoms. The van der Waals surface area contributed by atoms with E-state index in [2.05, 4.69) is 169 Å². The smallest absolute Gasteiger partial charge is 0.160 e. The third-order valence-corrected chi connectivity index (χ3v) is 12.2. The van der Waals surface area contributed by atoms with Crippen LogP contribution < -0.4 is 4.90 Å². The SMILES string of the molecule is c1ccc(-c2cc(-c3cccc(-c4ccc5c(c4)-c4c(sc6ccccc46)N4c6ccccc6C(c6ccccc6)C54)c3)nc(-c3ccccc3)n2)cc1. The second-order valence-electron chi connectivity index (χ2n) is 14.1. The minimum atomic E-state index is 0.148. The lowest BCUT2D eigenvalue weighted by Gasteiger charge is -2.36. The number of rotatable bonds is 5. The van der Waals surface area contributed by atoms with Gasteiger partial charge in [-0.25, -0.2) is 9.97 Å². The monoisotopic (exact) mass is 707 g/mol. The minimum Gasteiger partial charge on any atom is -0.324 e. The molecule has 2 aliphatic heterocycles. The topological polar surface area (TPSA) is 29.0 Å². The zero-order chi connectivity index (χ0) is 35.6. The van der Waals surface area contributed by atoms with Crippen molar-refractivity contribution in [2.45, 2.75) is 12.0 Å². The van der Waals surface area contributed by atoms with E-state index in [0.717, 1.165) is 39.5 Å². The molecule has 2 atom stereocenters. The molecule has 54 heavy (non-hydrogen) atoms. The Bertz CT molecular complexity index is 2790. The van der Waals surface area contributed by atoms with Gasteiger partial charge < -0.3 is 4.90 Å². The number of hydrogen-bond acceptors (Lipinski definition) is 4. The highest BCUT2D eigenvalue weighted by molar-refractivity contribution is 7.23. The number of benzene rings is 7. The molecule has 0 bridgehead atoms. The van der Waals surface area contributed by atoms with E-state index in [1.54, 1.807) is 0 Å². The van der Waals surface area contributed by atoms with Crippen LogP contribution in [0, 0.1) is 0 Å². The van der Waals surface area contributed by atoms with Crippen LogP contribution in [0.1, 0.15) is 28.7 Å². The van der Waals surface area contributed by atoms with Crippen molar-refractivity contribution in [1.29, 1.82) is 0 Å². The van der Waals surface area contributed by atoms with Gasteiger partial charge >= 0.3 is 0 Å². The summed E-state index contributed by atoms with van der Waals surface area (Å²) in [6.45, 7) is 0. The molecular formula is C50H33N3S. The molecule has 2 unspecified atom stereocenters. The summed E-state index contributed by atoms with van der Waals surface area (Å²) in [6.07, 6.45) is 0. The molecule has 2 aliphatic rings. The maximum absolute atomic E-state index is 5.14. The average molecular weight is 708 g/mol. The van der Waals surface area contributed by atoms with Gasteiger partial charge in [0.1, 0.15) is 5.00 Å². The Hall–Kier alpha value is -6.62. The van der Waals surface area contributed by atoms with E-state index in [1.807, 2.05) is 35.6 Å². The highest BCUT2D eigenvalue weighted by Gasteiger charge is 2.46. The Labute approximate surface area is 318 Å². The fraction of sp³-hybridized carbons (Fsp3) is 0.0400. The molecule has 2 aromatic heterocycles. The van der Waals surface area contributed by atoms with Crippen molar-refractivity contribution in [3.63, 3.8) is 0 Å². The van der Waals surface area contributed by atoms with Crippen molar-refractivity contribution in [3.8, 4) is 56.2 Å². The summed E-state index contributed by atoms with van der Waals surface area (Å²) >= 11 is 1.91. The summed E-state index contributed by atoms with van der Waals surface area (Å²) in [6, 6.07) is 67.9. The zero-order valence-corrected chi connectivity index (χ0v) is 30.1. The normalized spacial score (nSPS) is 15.4. The highest BCUT2D eigenvalue weighted by atomic mass is 32.1. The summed E-state index contributed by atoms with van der Waals surface area (Å²) < 4.78 is 1.31. The second-order valence-corrected chi connectivity index (χ2v) is 15.1. The summed E-state index contributed by atoms with van der Waals surface area (Å²) in [4.78, 5) is 12.8. The van der Waals surface area contributed by atoms with Crippen LogP contribution in [0.15, 0.2) is 188 Å². The van der Waals surface area contributed by atoms with E-state index in [9.17, 15) is 0 Å². The molecule has 0 saturated heterocycles. The van der Waals surface area contributed by atoms with Crippen LogP contribution in [0.2, 0.25) is 0 Å². The standard InChI is InChI=1S/C50H33N3S/c1-4-15-32(16-5-1)42-31-43(52-49(51-42)34-19-8-3-9-20-34)37-22-14-21-35(29-37)36-27-28-38-41(30-36)47-40-24-11-13-26-45(40)54-50(47)53-44-25-12-10-23-39(44)46(48(38)53)33-17-6-2-7-18-33/h1-31,46,48H. The van der Waals surface area contributed by atoms with Gasteiger partial charge in [0.25, 0.3) is 0 Å². The maximum atomic E-state index is 5.14. The Morgan fingerprint density at radius 2 is 1.09 bits per heavy atom. The zero-order valence-electron chi connectivity index (χ0n) is 29.3. The van der Waals surface area contributed by atoms with Crippen molar-refractivity contribution in [1.82, 2.24) is 9.97 Å². The molecule has 0 amide bonds. The van der Waals surface area contributed by atoms with E-state index in [1.165, 1.54) is 54.2 Å². The van der Waals surface area contributed by atoms with Crippen LogP contribution in [0.5, 0.6) is 0 Å². The average Bonchev–Trinajstić information content (AvgIpc) is 3.81. The molecule has 0 N–H and O–H groups in total. The van der Waals surface area contributed by atoms with Crippen LogP contribution in [0.25, 0.3) is 66.2 Å². The predicted octanol–water partition coefficient (Wildman–Crippen LogP) is 13.4. The van der Waals surface area contributed by atoms with E-state index >= 15 is 0 Å². The van der Waals surface area contributed by atoms with E-state index < -0.39 is 0 Å². The largest absolute Gasteiger partial charge is 0.324 e. The molecule has 4 heterocycles. The van der Waals surface area contributed by atoms with Crippen molar-refractivity contribution >= 4 is 32.1 Å². The lowest BCUT2D eigenvalue weighted by Crippen LogP contribution is -2.26. The van der Waals surface area contributed by atoms with E-state index in [4.69, 9.17) is 9.97 Å². The van der Waals surface area contributed by atoms with Gasteiger partial charge in [-0.15, -0.1) is 11.3 Å². The Kier molecular flexibility index (Phi) is 7.17. The molecule has 7 aromatic carbocycles. The fourth-order valence-corrected chi connectivity index (χ4v) is 9.88. The van der Waals surface area contributed by atoms with Crippen molar-refractivity contribution < 1.29 is 0 Å². The number of aromatic nitrogens is 2. The van der Waals surface area contributed by atoms with E-state index in [0.29, 0.717) is 0 Å². The molecule has 254 valence electrons. The Balaban J connectivity index is 1.08. The first-order valence-electron chi connectivity index (χ1n) is 18.5. The summed E-state index contributed by atoms with van der Waals surface area (Å²) in [7, 11) is 0. The Morgan fingerprint density at radius 1 is 0.463 bits per heavy atom. The lowest BCUT2D eigenvalue weighted by molar-refractivity contribution is 0.657. The molecule has 3 nitrogen and oxygen atoms in total. The number of para-hydroxylation sites is 1. The molecule has 0 aliphatic carbocycles. The van der Waals surface area contributed by atoms with E-state index in [-0.39, 0.29) is 12.0 Å². The third-order valence-electron chi connectivity index (χ3n) is 11.0. The van der Waals surface area contributed by atoms with Gasteiger partial charge in [-0.3, -0.25) is 0 Å². The third kappa shape index (κ3) is 4.95. The van der Waals surface area contributed by atoms with Crippen LogP contribution in [0.4, 0.5) is 10.7 Å². The molecule has 0 spiro atoms. The van der Waals surface area contributed by atoms with Crippen LogP contribution in [-0.4, -0.2) is 9.97 Å². The van der Waals surface area contributed by atoms with Crippen molar-refractivity contribution in [2.24, 2.45) is 0 Å². The maximum Gasteiger partial charge on any atom is 0.160 e. The van der Waals surface area contributed by atoms with Crippen LogP contribution >= 0.6 is 11.3 Å². The fourth-order valence-electron chi connectivity index (χ4n) is 8.61. The molecule has 0 fully saturated rings. The van der Waals surface area contributed by atoms with Gasteiger partial charge in [0.2, 0.25) is 0 Å². The first kappa shape index (κ1) is 31.0. The van der Waals surface area contributed by atoms with Crippen LogP contribution in [0.3, 0.4) is 0 Å². The van der Waals surface area contributed by atoms with Crippen molar-refractivity contribution in [3.05, 3.63) is 205 Å². The number of thiophene rings is 1.